The number of amides is 1. The normalized spacial score (nSPS) is 19.2. The van der Waals surface area contributed by atoms with Gasteiger partial charge in [0.25, 0.3) is 0 Å². The van der Waals surface area contributed by atoms with E-state index in [1.807, 2.05) is 18.2 Å². The van der Waals surface area contributed by atoms with Crippen LogP contribution in [0.3, 0.4) is 0 Å². The van der Waals surface area contributed by atoms with E-state index < -0.39 is 0 Å². The molecule has 1 N–H and O–H groups in total. The first-order valence-electron chi connectivity index (χ1n) is 6.78. The lowest BCUT2D eigenvalue weighted by molar-refractivity contribution is -0.118. The van der Waals surface area contributed by atoms with Crippen LogP contribution in [-0.4, -0.2) is 23.9 Å². The van der Waals surface area contributed by atoms with E-state index in [9.17, 15) is 4.79 Å². The lowest BCUT2D eigenvalue weighted by Gasteiger charge is -2.23. The van der Waals surface area contributed by atoms with E-state index in [1.165, 1.54) is 12.8 Å². The second-order valence-corrected chi connectivity index (χ2v) is 4.88. The van der Waals surface area contributed by atoms with Crippen molar-refractivity contribution in [1.82, 2.24) is 10.2 Å². The molecule has 1 atom stereocenters. The molecule has 0 bridgehead atoms. The first-order chi connectivity index (χ1) is 9.24. The number of unbranched alkanes of at least 4 members (excludes halogenated alkanes) is 2. The van der Waals surface area contributed by atoms with Crippen molar-refractivity contribution in [1.29, 1.82) is 5.26 Å². The van der Waals surface area contributed by atoms with E-state index in [-0.39, 0.29) is 12.1 Å². The topological polar surface area (TPSA) is 56.1 Å². The van der Waals surface area contributed by atoms with Crippen molar-refractivity contribution >= 4 is 5.91 Å². The quantitative estimate of drug-likeness (QED) is 0.822. The summed E-state index contributed by atoms with van der Waals surface area (Å²) in [5, 5.41) is 11.9. The average molecular weight is 257 g/mol. The van der Waals surface area contributed by atoms with Gasteiger partial charge in [-0.2, -0.15) is 5.26 Å². The monoisotopic (exact) mass is 257 g/mol. The summed E-state index contributed by atoms with van der Waals surface area (Å²) in [7, 11) is 0. The molecule has 0 aromatic heterocycles. The second kappa shape index (κ2) is 6.35. The predicted octanol–water partition coefficient (Wildman–Crippen LogP) is 2.18. The standard InChI is InChI=1S/C15H19N3O/c1-2-3-4-8-18-11-14(19)17-15(18)13-7-5-6-12(9-13)10-16/h5-7,9,15H,2-4,8,11H2,1H3,(H,17,19). The second-order valence-electron chi connectivity index (χ2n) is 4.88. The zero-order valence-corrected chi connectivity index (χ0v) is 11.2. The van der Waals surface area contributed by atoms with Crippen LogP contribution in [0.25, 0.3) is 0 Å². The van der Waals surface area contributed by atoms with E-state index in [0.29, 0.717) is 12.1 Å². The number of carbonyl (C=O) groups is 1. The maximum Gasteiger partial charge on any atom is 0.235 e. The summed E-state index contributed by atoms with van der Waals surface area (Å²) in [4.78, 5) is 13.8. The Balaban J connectivity index is 2.11. The third-order valence-electron chi connectivity index (χ3n) is 3.39. The van der Waals surface area contributed by atoms with Crippen molar-refractivity contribution < 1.29 is 4.79 Å². The van der Waals surface area contributed by atoms with Crippen LogP contribution >= 0.6 is 0 Å². The van der Waals surface area contributed by atoms with Gasteiger partial charge < -0.3 is 5.32 Å². The van der Waals surface area contributed by atoms with E-state index in [2.05, 4.69) is 23.2 Å². The van der Waals surface area contributed by atoms with Gasteiger partial charge >= 0.3 is 0 Å². The number of nitriles is 1. The molecule has 1 aliphatic rings. The van der Waals surface area contributed by atoms with Gasteiger partial charge in [0.05, 0.1) is 18.2 Å². The summed E-state index contributed by atoms with van der Waals surface area (Å²) in [6, 6.07) is 9.59. The van der Waals surface area contributed by atoms with Gasteiger partial charge in [-0.1, -0.05) is 31.9 Å². The zero-order valence-electron chi connectivity index (χ0n) is 11.2. The molecule has 1 unspecified atom stereocenters. The summed E-state index contributed by atoms with van der Waals surface area (Å²) in [6.07, 6.45) is 3.36. The van der Waals surface area contributed by atoms with E-state index in [0.717, 1.165) is 18.5 Å². The van der Waals surface area contributed by atoms with Crippen LogP contribution in [0, 0.1) is 11.3 Å². The van der Waals surface area contributed by atoms with E-state index in [4.69, 9.17) is 5.26 Å². The molecule has 1 saturated heterocycles. The third-order valence-corrected chi connectivity index (χ3v) is 3.39. The SMILES string of the molecule is CCCCCN1CC(=O)NC1c1cccc(C#N)c1. The predicted molar refractivity (Wildman–Crippen MR) is 73.1 cm³/mol. The van der Waals surface area contributed by atoms with Gasteiger partial charge in [-0.05, 0) is 24.1 Å². The van der Waals surface area contributed by atoms with Crippen LogP contribution in [0.15, 0.2) is 24.3 Å². The third kappa shape index (κ3) is 3.33. The molecule has 19 heavy (non-hydrogen) atoms. The summed E-state index contributed by atoms with van der Waals surface area (Å²) in [5.74, 6) is 0.0591. The fourth-order valence-electron chi connectivity index (χ4n) is 2.41. The highest BCUT2D eigenvalue weighted by Crippen LogP contribution is 2.23. The molecule has 0 radical (unpaired) electrons. The van der Waals surface area contributed by atoms with Crippen molar-refractivity contribution in [3.8, 4) is 6.07 Å². The number of carbonyl (C=O) groups excluding carboxylic acids is 1. The molecule has 1 amide bonds. The fourth-order valence-corrected chi connectivity index (χ4v) is 2.41. The Hall–Kier alpha value is -1.86. The molecule has 4 heteroatoms. The van der Waals surface area contributed by atoms with Crippen molar-refractivity contribution in [2.75, 3.05) is 13.1 Å². The Morgan fingerprint density at radius 3 is 3.05 bits per heavy atom. The van der Waals surface area contributed by atoms with Crippen LogP contribution in [0.5, 0.6) is 0 Å². The lowest BCUT2D eigenvalue weighted by Crippen LogP contribution is -2.28. The minimum Gasteiger partial charge on any atom is -0.335 e. The molecule has 1 aliphatic heterocycles. The van der Waals surface area contributed by atoms with Crippen molar-refractivity contribution in [3.63, 3.8) is 0 Å². The number of hydrogen-bond donors (Lipinski definition) is 1. The molecule has 0 spiro atoms. The Kier molecular flexibility index (Phi) is 4.53. The first kappa shape index (κ1) is 13.6. The number of nitrogens with one attached hydrogen (secondary N) is 1. The highest BCUT2D eigenvalue weighted by atomic mass is 16.2. The first-order valence-corrected chi connectivity index (χ1v) is 6.78. The smallest absolute Gasteiger partial charge is 0.235 e. The van der Waals surface area contributed by atoms with Gasteiger partial charge in [0.15, 0.2) is 0 Å². The van der Waals surface area contributed by atoms with Crippen molar-refractivity contribution in [2.45, 2.75) is 32.4 Å². The lowest BCUT2D eigenvalue weighted by atomic mass is 10.1. The zero-order chi connectivity index (χ0) is 13.7. The van der Waals surface area contributed by atoms with E-state index in [1.54, 1.807) is 6.07 Å². The molecule has 1 aromatic carbocycles. The van der Waals surface area contributed by atoms with E-state index >= 15 is 0 Å². The van der Waals surface area contributed by atoms with Crippen LogP contribution in [0.1, 0.15) is 43.5 Å². The summed E-state index contributed by atoms with van der Waals surface area (Å²) >= 11 is 0. The number of benzene rings is 1. The molecule has 100 valence electrons. The summed E-state index contributed by atoms with van der Waals surface area (Å²) < 4.78 is 0. The van der Waals surface area contributed by atoms with Gasteiger partial charge in [-0.3, -0.25) is 9.69 Å². The fraction of sp³-hybridized carbons (Fsp3) is 0.467. The minimum atomic E-state index is -0.0855. The molecule has 2 rings (SSSR count). The van der Waals surface area contributed by atoms with Crippen LogP contribution in [-0.2, 0) is 4.79 Å². The van der Waals surface area contributed by atoms with Gasteiger partial charge in [-0.15, -0.1) is 0 Å². The molecule has 4 nitrogen and oxygen atoms in total. The number of hydrogen-bond acceptors (Lipinski definition) is 3. The Morgan fingerprint density at radius 2 is 2.32 bits per heavy atom. The van der Waals surface area contributed by atoms with Crippen LogP contribution in [0.2, 0.25) is 0 Å². The molecule has 1 aromatic rings. The molecule has 0 aliphatic carbocycles. The Morgan fingerprint density at radius 1 is 1.47 bits per heavy atom. The number of nitrogens with zero attached hydrogens (tertiary/aromatic N) is 2. The van der Waals surface area contributed by atoms with Gasteiger partial charge in [-0.25, -0.2) is 0 Å². The molecule has 1 fully saturated rings. The van der Waals surface area contributed by atoms with Gasteiger partial charge in [0, 0.05) is 6.54 Å². The van der Waals surface area contributed by atoms with Gasteiger partial charge in [0.1, 0.15) is 6.17 Å². The Bertz CT molecular complexity index is 492. The average Bonchev–Trinajstić information content (AvgIpc) is 2.80. The maximum absolute atomic E-state index is 11.6. The molecule has 0 saturated carbocycles. The van der Waals surface area contributed by atoms with Crippen LogP contribution in [0.4, 0.5) is 0 Å². The van der Waals surface area contributed by atoms with Crippen LogP contribution < -0.4 is 5.32 Å². The number of rotatable bonds is 5. The van der Waals surface area contributed by atoms with Crippen molar-refractivity contribution in [3.05, 3.63) is 35.4 Å². The summed E-state index contributed by atoms with van der Waals surface area (Å²) in [6.45, 7) is 3.53. The Labute approximate surface area is 114 Å². The molecular formula is C15H19N3O. The van der Waals surface area contributed by atoms with Crippen molar-refractivity contribution in [2.24, 2.45) is 0 Å². The highest BCUT2D eigenvalue weighted by Gasteiger charge is 2.30. The molecular weight excluding hydrogens is 238 g/mol. The van der Waals surface area contributed by atoms with Gasteiger partial charge in [0.2, 0.25) is 5.91 Å². The maximum atomic E-state index is 11.6. The minimum absolute atomic E-state index is 0.0591. The molecule has 1 heterocycles. The largest absolute Gasteiger partial charge is 0.335 e. The highest BCUT2D eigenvalue weighted by molar-refractivity contribution is 5.80. The summed E-state index contributed by atoms with van der Waals surface area (Å²) in [5.41, 5.74) is 1.62.